The van der Waals surface area contributed by atoms with E-state index in [0.29, 0.717) is 11.7 Å². The Bertz CT molecular complexity index is 409. The number of likely N-dealkylation sites (N-methyl/N-ethyl adjacent to an activating group) is 1. The molecule has 1 fully saturated rings. The molecule has 4 N–H and O–H groups in total. The maximum atomic E-state index is 10.7. The third-order valence-corrected chi connectivity index (χ3v) is 3.62. The Morgan fingerprint density at radius 1 is 1.82 bits per heavy atom. The first-order valence-electron chi connectivity index (χ1n) is 5.45. The molecule has 17 heavy (non-hydrogen) atoms. The SMILES string of the molecule is CN1CCC(Nc2nc(C(N)C(=O)O)cs2)C1. The second-order valence-electron chi connectivity index (χ2n) is 4.29. The number of likely N-dealkylation sites (tertiary alicyclic amines) is 1. The number of hydrogen-bond donors (Lipinski definition) is 3. The van der Waals surface area contributed by atoms with Gasteiger partial charge in [-0.05, 0) is 20.0 Å². The zero-order valence-electron chi connectivity index (χ0n) is 9.59. The average Bonchev–Trinajstić information content (AvgIpc) is 2.87. The summed E-state index contributed by atoms with van der Waals surface area (Å²) in [5.74, 6) is -1.05. The number of hydrogen-bond acceptors (Lipinski definition) is 6. The van der Waals surface area contributed by atoms with E-state index >= 15 is 0 Å². The van der Waals surface area contributed by atoms with Gasteiger partial charge in [0.05, 0.1) is 5.69 Å². The van der Waals surface area contributed by atoms with E-state index in [2.05, 4.69) is 22.2 Å². The van der Waals surface area contributed by atoms with Crippen LogP contribution in [0, 0.1) is 0 Å². The molecule has 2 heterocycles. The fourth-order valence-corrected chi connectivity index (χ4v) is 2.67. The van der Waals surface area contributed by atoms with Gasteiger partial charge in [0.1, 0.15) is 6.04 Å². The van der Waals surface area contributed by atoms with E-state index in [-0.39, 0.29) is 0 Å². The van der Waals surface area contributed by atoms with Crippen LogP contribution in [0.3, 0.4) is 0 Å². The van der Waals surface area contributed by atoms with Crippen LogP contribution in [-0.2, 0) is 4.79 Å². The molecular formula is C10H16N4O2S. The van der Waals surface area contributed by atoms with Gasteiger partial charge in [-0.15, -0.1) is 11.3 Å². The summed E-state index contributed by atoms with van der Waals surface area (Å²) in [5, 5.41) is 14.5. The summed E-state index contributed by atoms with van der Waals surface area (Å²) in [5.41, 5.74) is 5.90. The highest BCUT2D eigenvalue weighted by molar-refractivity contribution is 7.13. The van der Waals surface area contributed by atoms with E-state index in [1.807, 2.05) is 0 Å². The second kappa shape index (κ2) is 4.99. The number of anilines is 1. The quantitative estimate of drug-likeness (QED) is 0.719. The van der Waals surface area contributed by atoms with Crippen molar-refractivity contribution in [2.45, 2.75) is 18.5 Å². The minimum Gasteiger partial charge on any atom is -0.480 e. The minimum absolute atomic E-state index is 0.389. The van der Waals surface area contributed by atoms with Crippen LogP contribution in [0.1, 0.15) is 18.2 Å². The summed E-state index contributed by atoms with van der Waals surface area (Å²) in [4.78, 5) is 17.2. The number of carboxylic acids is 1. The first kappa shape index (κ1) is 12.3. The Morgan fingerprint density at radius 3 is 3.18 bits per heavy atom. The number of aromatic nitrogens is 1. The van der Waals surface area contributed by atoms with Crippen molar-refractivity contribution in [1.82, 2.24) is 9.88 Å². The van der Waals surface area contributed by atoms with Crippen molar-refractivity contribution in [2.75, 3.05) is 25.5 Å². The van der Waals surface area contributed by atoms with E-state index in [9.17, 15) is 4.79 Å². The van der Waals surface area contributed by atoms with Gasteiger partial charge in [-0.1, -0.05) is 0 Å². The third kappa shape index (κ3) is 2.93. The number of carbonyl (C=O) groups is 1. The van der Waals surface area contributed by atoms with Crippen molar-refractivity contribution in [2.24, 2.45) is 5.73 Å². The van der Waals surface area contributed by atoms with Gasteiger partial charge in [0, 0.05) is 18.0 Å². The van der Waals surface area contributed by atoms with Crippen LogP contribution in [0.4, 0.5) is 5.13 Å². The van der Waals surface area contributed by atoms with Gasteiger partial charge in [-0.2, -0.15) is 0 Å². The van der Waals surface area contributed by atoms with Crippen molar-refractivity contribution >= 4 is 22.4 Å². The fraction of sp³-hybridized carbons (Fsp3) is 0.600. The molecule has 0 saturated carbocycles. The van der Waals surface area contributed by atoms with E-state index in [4.69, 9.17) is 10.8 Å². The molecule has 94 valence electrons. The lowest BCUT2D eigenvalue weighted by Crippen LogP contribution is -2.24. The summed E-state index contributed by atoms with van der Waals surface area (Å²) in [6.45, 7) is 2.06. The van der Waals surface area contributed by atoms with Crippen LogP contribution in [-0.4, -0.2) is 47.1 Å². The summed E-state index contributed by atoms with van der Waals surface area (Å²) >= 11 is 1.40. The Balaban J connectivity index is 1.96. The van der Waals surface area contributed by atoms with Crippen LogP contribution < -0.4 is 11.1 Å². The Morgan fingerprint density at radius 2 is 2.59 bits per heavy atom. The zero-order valence-corrected chi connectivity index (χ0v) is 10.4. The van der Waals surface area contributed by atoms with Crippen molar-refractivity contribution in [3.63, 3.8) is 0 Å². The number of carboxylic acid groups (broad SMARTS) is 1. The Labute approximate surface area is 103 Å². The molecule has 1 aliphatic heterocycles. The van der Waals surface area contributed by atoms with E-state index < -0.39 is 12.0 Å². The van der Waals surface area contributed by atoms with Crippen LogP contribution >= 0.6 is 11.3 Å². The lowest BCUT2D eigenvalue weighted by atomic mass is 10.2. The molecule has 1 aromatic rings. The number of rotatable bonds is 4. The summed E-state index contributed by atoms with van der Waals surface area (Å²) in [7, 11) is 2.08. The topological polar surface area (TPSA) is 91.5 Å². The normalized spacial score (nSPS) is 22.6. The van der Waals surface area contributed by atoms with Gasteiger partial charge in [0.25, 0.3) is 0 Å². The highest BCUT2D eigenvalue weighted by atomic mass is 32.1. The summed E-state index contributed by atoms with van der Waals surface area (Å²) in [6, 6.07) is -0.645. The molecule has 0 bridgehead atoms. The predicted molar refractivity (Wildman–Crippen MR) is 66.2 cm³/mol. The zero-order chi connectivity index (χ0) is 12.4. The standard InChI is InChI=1S/C10H16N4O2S/c1-14-3-2-6(4-14)12-10-13-7(5-17-10)8(11)9(15)16/h5-6,8H,2-4,11H2,1H3,(H,12,13)(H,15,16). The van der Waals surface area contributed by atoms with Crippen LogP contribution in [0.15, 0.2) is 5.38 Å². The van der Waals surface area contributed by atoms with Crippen molar-refractivity contribution < 1.29 is 9.90 Å². The van der Waals surface area contributed by atoms with E-state index in [1.54, 1.807) is 5.38 Å². The molecule has 2 atom stereocenters. The molecule has 1 aliphatic rings. The lowest BCUT2D eigenvalue weighted by Gasteiger charge is -2.11. The van der Waals surface area contributed by atoms with Crippen LogP contribution in [0.2, 0.25) is 0 Å². The predicted octanol–water partition coefficient (Wildman–Crippen LogP) is 0.344. The molecule has 0 amide bonds. The third-order valence-electron chi connectivity index (χ3n) is 2.83. The highest BCUT2D eigenvalue weighted by Crippen LogP contribution is 2.22. The first-order valence-corrected chi connectivity index (χ1v) is 6.33. The molecular weight excluding hydrogens is 240 g/mol. The largest absolute Gasteiger partial charge is 0.480 e. The maximum absolute atomic E-state index is 10.7. The van der Waals surface area contributed by atoms with Crippen molar-refractivity contribution in [3.05, 3.63) is 11.1 Å². The molecule has 0 radical (unpaired) electrons. The molecule has 6 nitrogen and oxygen atoms in total. The van der Waals surface area contributed by atoms with Crippen LogP contribution in [0.5, 0.6) is 0 Å². The number of nitrogens with two attached hydrogens (primary N) is 1. The second-order valence-corrected chi connectivity index (χ2v) is 5.14. The summed E-state index contributed by atoms with van der Waals surface area (Å²) < 4.78 is 0. The van der Waals surface area contributed by atoms with Crippen molar-refractivity contribution in [3.8, 4) is 0 Å². The average molecular weight is 256 g/mol. The number of nitrogens with zero attached hydrogens (tertiary/aromatic N) is 2. The molecule has 2 rings (SSSR count). The van der Waals surface area contributed by atoms with E-state index in [1.165, 1.54) is 11.3 Å². The number of thiazole rings is 1. The molecule has 0 spiro atoms. The maximum Gasteiger partial charge on any atom is 0.326 e. The molecule has 1 aromatic heterocycles. The van der Waals surface area contributed by atoms with Gasteiger partial charge in [-0.3, -0.25) is 4.79 Å². The van der Waals surface area contributed by atoms with Crippen LogP contribution in [0.25, 0.3) is 0 Å². The monoisotopic (exact) mass is 256 g/mol. The van der Waals surface area contributed by atoms with E-state index in [0.717, 1.165) is 24.6 Å². The van der Waals surface area contributed by atoms with Gasteiger partial charge >= 0.3 is 5.97 Å². The molecule has 2 unspecified atom stereocenters. The molecule has 1 saturated heterocycles. The first-order chi connectivity index (χ1) is 8.06. The Hall–Kier alpha value is -1.18. The van der Waals surface area contributed by atoms with Gasteiger partial charge in [0.2, 0.25) is 0 Å². The molecule has 7 heteroatoms. The van der Waals surface area contributed by atoms with Gasteiger partial charge < -0.3 is 21.1 Å². The molecule has 0 aliphatic carbocycles. The Kier molecular flexibility index (Phi) is 3.60. The lowest BCUT2D eigenvalue weighted by molar-refractivity contribution is -0.138. The smallest absolute Gasteiger partial charge is 0.326 e. The summed E-state index contributed by atoms with van der Waals surface area (Å²) in [6.07, 6.45) is 1.08. The minimum atomic E-state index is -1.05. The number of aliphatic carboxylic acids is 1. The van der Waals surface area contributed by atoms with Gasteiger partial charge in [-0.25, -0.2) is 4.98 Å². The van der Waals surface area contributed by atoms with Crippen molar-refractivity contribution in [1.29, 1.82) is 0 Å². The molecule has 0 aromatic carbocycles. The number of nitrogens with one attached hydrogen (secondary N) is 1. The van der Waals surface area contributed by atoms with Gasteiger partial charge in [0.15, 0.2) is 5.13 Å². The highest BCUT2D eigenvalue weighted by Gasteiger charge is 2.22. The fourth-order valence-electron chi connectivity index (χ4n) is 1.85.